The summed E-state index contributed by atoms with van der Waals surface area (Å²) >= 11 is 0. The van der Waals surface area contributed by atoms with E-state index < -0.39 is 0 Å². The summed E-state index contributed by atoms with van der Waals surface area (Å²) in [6, 6.07) is 0. The fraction of sp³-hybridized carbons (Fsp3) is 0.875. The van der Waals surface area contributed by atoms with Gasteiger partial charge >= 0.3 is 0 Å². The molecule has 106 valence electrons. The van der Waals surface area contributed by atoms with Gasteiger partial charge in [0, 0.05) is 6.61 Å². The Labute approximate surface area is 112 Å². The van der Waals surface area contributed by atoms with Gasteiger partial charge in [-0.3, -0.25) is 0 Å². The summed E-state index contributed by atoms with van der Waals surface area (Å²) in [6.45, 7) is 9.58. The molecule has 1 rings (SSSR count). The topological polar surface area (TPSA) is 29.5 Å². The average molecular weight is 254 g/mol. The normalized spacial score (nSPS) is 32.4. The SMILES string of the molecule is CCCCOC1C(CCCC)=CC(O)C(C)C1C. The number of aliphatic hydroxyl groups is 1. The highest BCUT2D eigenvalue weighted by Gasteiger charge is 2.34. The second-order valence-electron chi connectivity index (χ2n) is 5.70. The quantitative estimate of drug-likeness (QED) is 0.551. The molecular weight excluding hydrogens is 224 g/mol. The van der Waals surface area contributed by atoms with Gasteiger partial charge in [-0.1, -0.05) is 46.6 Å². The van der Waals surface area contributed by atoms with Crippen molar-refractivity contribution in [2.75, 3.05) is 6.61 Å². The van der Waals surface area contributed by atoms with Crippen LogP contribution in [-0.4, -0.2) is 23.9 Å². The molecule has 0 spiro atoms. The van der Waals surface area contributed by atoms with Crippen LogP contribution in [0.3, 0.4) is 0 Å². The Morgan fingerprint density at radius 1 is 1.11 bits per heavy atom. The minimum absolute atomic E-state index is 0.224. The molecule has 0 aromatic rings. The van der Waals surface area contributed by atoms with E-state index in [1.165, 1.54) is 24.8 Å². The molecular formula is C16H30O2. The first-order chi connectivity index (χ1) is 8.61. The molecule has 0 amide bonds. The molecule has 4 atom stereocenters. The maximum Gasteiger partial charge on any atom is 0.0815 e. The van der Waals surface area contributed by atoms with Crippen molar-refractivity contribution >= 4 is 0 Å². The van der Waals surface area contributed by atoms with Gasteiger partial charge in [0.1, 0.15) is 0 Å². The first-order valence-corrected chi connectivity index (χ1v) is 7.62. The molecule has 0 heterocycles. The molecule has 0 fully saturated rings. The predicted octanol–water partition coefficient (Wildman–Crippen LogP) is 3.94. The lowest BCUT2D eigenvalue weighted by molar-refractivity contribution is -0.0120. The zero-order valence-corrected chi connectivity index (χ0v) is 12.5. The van der Waals surface area contributed by atoms with E-state index in [1.54, 1.807) is 0 Å². The first kappa shape index (κ1) is 15.7. The van der Waals surface area contributed by atoms with Crippen LogP contribution in [0.25, 0.3) is 0 Å². The number of hydrogen-bond donors (Lipinski definition) is 1. The van der Waals surface area contributed by atoms with Crippen molar-refractivity contribution in [1.29, 1.82) is 0 Å². The zero-order chi connectivity index (χ0) is 13.5. The summed E-state index contributed by atoms with van der Waals surface area (Å²) in [5, 5.41) is 10.1. The van der Waals surface area contributed by atoms with E-state index in [0.717, 1.165) is 19.4 Å². The van der Waals surface area contributed by atoms with E-state index in [1.807, 2.05) is 0 Å². The summed E-state index contributed by atoms with van der Waals surface area (Å²) in [6.07, 6.45) is 7.73. The van der Waals surface area contributed by atoms with Gasteiger partial charge in [-0.05, 0) is 36.7 Å². The van der Waals surface area contributed by atoms with Crippen LogP contribution in [0.2, 0.25) is 0 Å². The lowest BCUT2D eigenvalue weighted by atomic mass is 9.76. The number of unbranched alkanes of at least 4 members (excludes halogenated alkanes) is 2. The molecule has 4 unspecified atom stereocenters. The second kappa shape index (κ2) is 7.96. The molecule has 1 aliphatic carbocycles. The van der Waals surface area contributed by atoms with Gasteiger partial charge in [0.25, 0.3) is 0 Å². The van der Waals surface area contributed by atoms with Crippen LogP contribution in [0.4, 0.5) is 0 Å². The molecule has 0 aromatic carbocycles. The van der Waals surface area contributed by atoms with E-state index >= 15 is 0 Å². The molecule has 0 aromatic heterocycles. The fourth-order valence-electron chi connectivity index (χ4n) is 2.61. The fourth-order valence-corrected chi connectivity index (χ4v) is 2.61. The highest BCUT2D eigenvalue weighted by Crippen LogP contribution is 2.34. The standard InChI is InChI=1S/C16H30O2/c1-5-7-9-14-11-15(17)12(3)13(4)16(14)18-10-8-6-2/h11-13,15-17H,5-10H2,1-4H3. The van der Waals surface area contributed by atoms with Gasteiger partial charge in [-0.15, -0.1) is 0 Å². The highest BCUT2D eigenvalue weighted by atomic mass is 16.5. The predicted molar refractivity (Wildman–Crippen MR) is 76.6 cm³/mol. The molecule has 0 radical (unpaired) electrons. The van der Waals surface area contributed by atoms with Crippen molar-refractivity contribution in [1.82, 2.24) is 0 Å². The van der Waals surface area contributed by atoms with Gasteiger partial charge < -0.3 is 9.84 Å². The third-order valence-electron chi connectivity index (χ3n) is 4.21. The average Bonchev–Trinajstić information content (AvgIpc) is 2.37. The molecule has 1 aliphatic rings. The second-order valence-corrected chi connectivity index (χ2v) is 5.70. The zero-order valence-electron chi connectivity index (χ0n) is 12.5. The smallest absolute Gasteiger partial charge is 0.0815 e. The van der Waals surface area contributed by atoms with E-state index in [0.29, 0.717) is 11.8 Å². The summed E-state index contributed by atoms with van der Waals surface area (Å²) in [5.41, 5.74) is 1.33. The third kappa shape index (κ3) is 4.10. The molecule has 1 N–H and O–H groups in total. The first-order valence-electron chi connectivity index (χ1n) is 7.62. The van der Waals surface area contributed by atoms with Crippen LogP contribution < -0.4 is 0 Å². The Hall–Kier alpha value is -0.340. The lowest BCUT2D eigenvalue weighted by Gasteiger charge is -2.37. The van der Waals surface area contributed by atoms with Crippen LogP contribution in [-0.2, 0) is 4.74 Å². The maximum absolute atomic E-state index is 10.1. The molecule has 18 heavy (non-hydrogen) atoms. The molecule has 0 bridgehead atoms. The number of ether oxygens (including phenoxy) is 1. The van der Waals surface area contributed by atoms with Crippen molar-refractivity contribution in [3.63, 3.8) is 0 Å². The largest absolute Gasteiger partial charge is 0.389 e. The Morgan fingerprint density at radius 3 is 2.39 bits per heavy atom. The van der Waals surface area contributed by atoms with Crippen molar-refractivity contribution in [2.45, 2.75) is 72.0 Å². The third-order valence-corrected chi connectivity index (χ3v) is 4.21. The van der Waals surface area contributed by atoms with Gasteiger partial charge in [0.05, 0.1) is 12.2 Å². The van der Waals surface area contributed by atoms with Crippen molar-refractivity contribution < 1.29 is 9.84 Å². The van der Waals surface area contributed by atoms with E-state index in [-0.39, 0.29) is 12.2 Å². The molecule has 0 saturated heterocycles. The Morgan fingerprint density at radius 2 is 1.78 bits per heavy atom. The van der Waals surface area contributed by atoms with Gasteiger partial charge in [-0.25, -0.2) is 0 Å². The molecule has 0 saturated carbocycles. The Balaban J connectivity index is 2.68. The van der Waals surface area contributed by atoms with Crippen molar-refractivity contribution in [2.24, 2.45) is 11.8 Å². The van der Waals surface area contributed by atoms with Crippen LogP contribution in [0, 0.1) is 11.8 Å². The van der Waals surface area contributed by atoms with Gasteiger partial charge in [0.15, 0.2) is 0 Å². The minimum atomic E-state index is -0.294. The van der Waals surface area contributed by atoms with Gasteiger partial charge in [0.2, 0.25) is 0 Å². The van der Waals surface area contributed by atoms with E-state index in [9.17, 15) is 5.11 Å². The lowest BCUT2D eigenvalue weighted by Crippen LogP contribution is -2.39. The van der Waals surface area contributed by atoms with Crippen molar-refractivity contribution in [3.8, 4) is 0 Å². The van der Waals surface area contributed by atoms with E-state index in [4.69, 9.17) is 4.74 Å². The summed E-state index contributed by atoms with van der Waals surface area (Å²) in [4.78, 5) is 0. The Kier molecular flexibility index (Phi) is 6.95. The Bertz CT molecular complexity index is 260. The molecule has 2 nitrogen and oxygen atoms in total. The monoisotopic (exact) mass is 254 g/mol. The number of aliphatic hydroxyl groups excluding tert-OH is 1. The van der Waals surface area contributed by atoms with Gasteiger partial charge in [-0.2, -0.15) is 0 Å². The number of rotatable bonds is 7. The summed E-state index contributed by atoms with van der Waals surface area (Å²) < 4.78 is 6.08. The highest BCUT2D eigenvalue weighted by molar-refractivity contribution is 5.18. The number of hydrogen-bond acceptors (Lipinski definition) is 2. The summed E-state index contributed by atoms with van der Waals surface area (Å²) in [5.74, 6) is 0.704. The maximum atomic E-state index is 10.1. The van der Waals surface area contributed by atoms with E-state index in [2.05, 4.69) is 33.8 Å². The van der Waals surface area contributed by atoms with Crippen molar-refractivity contribution in [3.05, 3.63) is 11.6 Å². The summed E-state index contributed by atoms with van der Waals surface area (Å²) in [7, 11) is 0. The van der Waals surface area contributed by atoms with Crippen LogP contribution in [0.15, 0.2) is 11.6 Å². The molecule has 0 aliphatic heterocycles. The minimum Gasteiger partial charge on any atom is -0.389 e. The van der Waals surface area contributed by atoms with Crippen LogP contribution >= 0.6 is 0 Å². The molecule has 2 heteroatoms. The van der Waals surface area contributed by atoms with Crippen LogP contribution in [0.5, 0.6) is 0 Å². The van der Waals surface area contributed by atoms with Crippen LogP contribution in [0.1, 0.15) is 59.8 Å².